The lowest BCUT2D eigenvalue weighted by atomic mass is 9.88. The van der Waals surface area contributed by atoms with Crippen LogP contribution in [-0.2, 0) is 17.1 Å². The summed E-state index contributed by atoms with van der Waals surface area (Å²) in [5, 5.41) is 3.77. The van der Waals surface area contributed by atoms with Gasteiger partial charge < -0.3 is 9.88 Å². The first-order valence-corrected chi connectivity index (χ1v) is 10.9. The van der Waals surface area contributed by atoms with E-state index in [2.05, 4.69) is 43.2 Å². The second-order valence-corrected chi connectivity index (χ2v) is 10.1. The molecule has 1 N–H and O–H groups in total. The fourth-order valence-electron chi connectivity index (χ4n) is 3.40. The lowest BCUT2D eigenvalue weighted by Crippen LogP contribution is -2.41. The van der Waals surface area contributed by atoms with Crippen molar-refractivity contribution in [3.8, 4) is 0 Å². The summed E-state index contributed by atoms with van der Waals surface area (Å²) in [7, 11) is -1.81. The Morgan fingerprint density at radius 2 is 1.93 bits per heavy atom. The molecule has 0 saturated carbocycles. The molecule has 1 saturated heterocycles. The third-order valence-corrected chi connectivity index (χ3v) is 7.32. The zero-order chi connectivity index (χ0) is 19.7. The molecule has 7 heteroatoms. The van der Waals surface area contributed by atoms with Crippen LogP contribution >= 0.6 is 0 Å². The third kappa shape index (κ3) is 4.42. The molecule has 27 heavy (non-hydrogen) atoms. The second-order valence-electron chi connectivity index (χ2n) is 8.22. The minimum atomic E-state index is -3.59. The van der Waals surface area contributed by atoms with Gasteiger partial charge in [0.25, 0.3) is 10.0 Å². The standard InChI is InChI=1S/C20H30N4O2S/c1-5-20(2,3)14-21-18-12-24(11-17(18)16-9-7-6-8-10-16)27(25,26)19-13-23(4)15-22-19/h6-10,13,15,17-18,21H,5,11-12,14H2,1-4H3/t17-,18+/m1/s1. The van der Waals surface area contributed by atoms with Crippen molar-refractivity contribution in [3.63, 3.8) is 0 Å². The maximum Gasteiger partial charge on any atom is 0.262 e. The molecule has 0 bridgehead atoms. The van der Waals surface area contributed by atoms with E-state index in [1.54, 1.807) is 22.1 Å². The van der Waals surface area contributed by atoms with E-state index in [1.165, 1.54) is 11.9 Å². The van der Waals surface area contributed by atoms with E-state index in [1.807, 2.05) is 18.2 Å². The van der Waals surface area contributed by atoms with Crippen molar-refractivity contribution < 1.29 is 8.42 Å². The Balaban J connectivity index is 1.85. The highest BCUT2D eigenvalue weighted by Crippen LogP contribution is 2.32. The van der Waals surface area contributed by atoms with Crippen molar-refractivity contribution in [1.29, 1.82) is 0 Å². The van der Waals surface area contributed by atoms with Crippen molar-refractivity contribution in [2.24, 2.45) is 12.5 Å². The molecule has 3 rings (SSSR count). The van der Waals surface area contributed by atoms with Gasteiger partial charge in [0, 0.05) is 44.8 Å². The maximum atomic E-state index is 13.0. The summed E-state index contributed by atoms with van der Waals surface area (Å²) in [6.45, 7) is 8.42. The molecule has 1 aliphatic heterocycles. The first-order valence-electron chi connectivity index (χ1n) is 9.49. The van der Waals surface area contributed by atoms with Gasteiger partial charge in [-0.15, -0.1) is 0 Å². The minimum absolute atomic E-state index is 0.0803. The zero-order valence-electron chi connectivity index (χ0n) is 16.6. The Kier molecular flexibility index (Phi) is 5.74. The lowest BCUT2D eigenvalue weighted by molar-refractivity contribution is 0.304. The van der Waals surface area contributed by atoms with E-state index >= 15 is 0 Å². The van der Waals surface area contributed by atoms with E-state index in [9.17, 15) is 8.42 Å². The van der Waals surface area contributed by atoms with Crippen LogP contribution in [0.4, 0.5) is 0 Å². The third-order valence-electron chi connectivity index (χ3n) is 5.60. The normalized spacial score (nSPS) is 21.6. The number of aryl methyl sites for hydroxylation is 1. The first kappa shape index (κ1) is 20.0. The molecule has 0 unspecified atom stereocenters. The van der Waals surface area contributed by atoms with Crippen LogP contribution in [0, 0.1) is 5.41 Å². The number of hydrogen-bond donors (Lipinski definition) is 1. The SMILES string of the molecule is CCC(C)(C)CN[C@H]1CN(S(=O)(=O)c2cn(C)cn2)C[C@@H]1c1ccccc1. The number of sulfonamides is 1. The topological polar surface area (TPSA) is 67.2 Å². The summed E-state index contributed by atoms with van der Waals surface area (Å²) < 4.78 is 29.3. The number of imidazole rings is 1. The quantitative estimate of drug-likeness (QED) is 0.789. The maximum absolute atomic E-state index is 13.0. The van der Waals surface area contributed by atoms with Crippen molar-refractivity contribution in [3.05, 3.63) is 48.4 Å². The second kappa shape index (κ2) is 7.73. The van der Waals surface area contributed by atoms with Crippen LogP contribution < -0.4 is 5.32 Å². The van der Waals surface area contributed by atoms with Gasteiger partial charge in [0.2, 0.25) is 0 Å². The van der Waals surface area contributed by atoms with E-state index in [0.29, 0.717) is 13.1 Å². The molecule has 0 radical (unpaired) electrons. The van der Waals surface area contributed by atoms with Gasteiger partial charge in [0.1, 0.15) is 0 Å². The van der Waals surface area contributed by atoms with E-state index in [0.717, 1.165) is 13.0 Å². The number of benzene rings is 1. The number of rotatable bonds is 7. The number of hydrogen-bond acceptors (Lipinski definition) is 4. The van der Waals surface area contributed by atoms with Gasteiger partial charge in [-0.05, 0) is 17.4 Å². The van der Waals surface area contributed by atoms with E-state index < -0.39 is 10.0 Å². The Morgan fingerprint density at radius 3 is 2.52 bits per heavy atom. The Morgan fingerprint density at radius 1 is 1.22 bits per heavy atom. The predicted octanol–water partition coefficient (Wildman–Crippen LogP) is 2.60. The smallest absolute Gasteiger partial charge is 0.262 e. The number of aromatic nitrogens is 2. The van der Waals surface area contributed by atoms with Gasteiger partial charge in [0.05, 0.1) is 6.33 Å². The molecule has 2 aromatic rings. The molecule has 1 aliphatic rings. The molecule has 0 spiro atoms. The monoisotopic (exact) mass is 390 g/mol. The van der Waals surface area contributed by atoms with Crippen LogP contribution in [0.2, 0.25) is 0 Å². The van der Waals surface area contributed by atoms with Crippen LogP contribution in [0.3, 0.4) is 0 Å². The van der Waals surface area contributed by atoms with Gasteiger partial charge in [-0.3, -0.25) is 0 Å². The Hall–Kier alpha value is -1.70. The van der Waals surface area contributed by atoms with Crippen molar-refractivity contribution in [2.45, 2.75) is 44.2 Å². The lowest BCUT2D eigenvalue weighted by Gasteiger charge is -2.28. The average Bonchev–Trinajstić information content (AvgIpc) is 3.28. The molecule has 0 aliphatic carbocycles. The summed E-state index contributed by atoms with van der Waals surface area (Å²) in [6, 6.07) is 10.3. The summed E-state index contributed by atoms with van der Waals surface area (Å²) in [4.78, 5) is 4.07. The van der Waals surface area contributed by atoms with Gasteiger partial charge in [0.15, 0.2) is 5.03 Å². The van der Waals surface area contributed by atoms with Crippen molar-refractivity contribution in [1.82, 2.24) is 19.2 Å². The zero-order valence-corrected chi connectivity index (χ0v) is 17.4. The summed E-state index contributed by atoms with van der Waals surface area (Å²) in [5.41, 5.74) is 1.34. The van der Waals surface area contributed by atoms with Gasteiger partial charge >= 0.3 is 0 Å². The van der Waals surface area contributed by atoms with Crippen LogP contribution in [0.5, 0.6) is 0 Å². The van der Waals surface area contributed by atoms with Gasteiger partial charge in [-0.2, -0.15) is 4.31 Å². The Bertz CT molecular complexity index is 861. The molecule has 2 heterocycles. The van der Waals surface area contributed by atoms with Crippen LogP contribution in [0.1, 0.15) is 38.7 Å². The van der Waals surface area contributed by atoms with Crippen molar-refractivity contribution in [2.75, 3.05) is 19.6 Å². The fraction of sp³-hybridized carbons (Fsp3) is 0.550. The largest absolute Gasteiger partial charge is 0.339 e. The highest BCUT2D eigenvalue weighted by atomic mass is 32.2. The molecule has 1 aromatic heterocycles. The van der Waals surface area contributed by atoms with Crippen LogP contribution in [-0.4, -0.2) is 48.0 Å². The number of nitrogens with one attached hydrogen (secondary N) is 1. The molecule has 0 amide bonds. The summed E-state index contributed by atoms with van der Waals surface area (Å²) >= 11 is 0. The summed E-state index contributed by atoms with van der Waals surface area (Å²) in [6.07, 6.45) is 4.16. The predicted molar refractivity (Wildman–Crippen MR) is 107 cm³/mol. The van der Waals surface area contributed by atoms with Gasteiger partial charge in [-0.1, -0.05) is 51.1 Å². The van der Waals surface area contributed by atoms with Gasteiger partial charge in [-0.25, -0.2) is 13.4 Å². The summed E-state index contributed by atoms with van der Waals surface area (Å²) in [5.74, 6) is 0.123. The molecule has 1 fully saturated rings. The first-order chi connectivity index (χ1) is 12.7. The fourth-order valence-corrected chi connectivity index (χ4v) is 4.85. The highest BCUT2D eigenvalue weighted by molar-refractivity contribution is 7.89. The highest BCUT2D eigenvalue weighted by Gasteiger charge is 2.41. The van der Waals surface area contributed by atoms with Crippen LogP contribution in [0.15, 0.2) is 47.9 Å². The van der Waals surface area contributed by atoms with Crippen molar-refractivity contribution >= 4 is 10.0 Å². The van der Waals surface area contributed by atoms with E-state index in [-0.39, 0.29) is 22.4 Å². The van der Waals surface area contributed by atoms with Crippen LogP contribution in [0.25, 0.3) is 0 Å². The Labute approximate surface area is 162 Å². The molecule has 6 nitrogen and oxygen atoms in total. The number of nitrogens with zero attached hydrogens (tertiary/aromatic N) is 3. The molecule has 148 valence electrons. The minimum Gasteiger partial charge on any atom is -0.339 e. The molecule has 1 aromatic carbocycles. The van der Waals surface area contributed by atoms with E-state index in [4.69, 9.17) is 0 Å². The molecule has 2 atom stereocenters. The molecular formula is C20H30N4O2S. The average molecular weight is 391 g/mol. The molecular weight excluding hydrogens is 360 g/mol.